The lowest BCUT2D eigenvalue weighted by atomic mass is 10.2. The van der Waals surface area contributed by atoms with E-state index >= 15 is 0 Å². The van der Waals surface area contributed by atoms with Crippen molar-refractivity contribution in [3.8, 4) is 0 Å². The van der Waals surface area contributed by atoms with Gasteiger partial charge >= 0.3 is 0 Å². The number of likely N-dealkylation sites (N-methyl/N-ethyl adjacent to an activating group) is 1. The first-order valence-corrected chi connectivity index (χ1v) is 7.09. The second-order valence-corrected chi connectivity index (χ2v) is 5.26. The molecule has 0 fully saturated rings. The van der Waals surface area contributed by atoms with Crippen molar-refractivity contribution in [1.29, 1.82) is 0 Å². The van der Waals surface area contributed by atoms with Crippen LogP contribution < -0.4 is 16.4 Å². The zero-order valence-electron chi connectivity index (χ0n) is 13.2. The zero-order chi connectivity index (χ0) is 17.7. The van der Waals surface area contributed by atoms with E-state index in [0.717, 1.165) is 4.57 Å². The van der Waals surface area contributed by atoms with E-state index in [4.69, 9.17) is 0 Å². The predicted molar refractivity (Wildman–Crippen MR) is 86.9 cm³/mol. The summed E-state index contributed by atoms with van der Waals surface area (Å²) < 4.78 is 14.0. The lowest BCUT2D eigenvalue weighted by molar-refractivity contribution is -0.129. The Hall–Kier alpha value is -3.16. The third kappa shape index (κ3) is 4.42. The van der Waals surface area contributed by atoms with E-state index in [-0.39, 0.29) is 29.4 Å². The molecule has 2 amide bonds. The van der Waals surface area contributed by atoms with Gasteiger partial charge in [-0.05, 0) is 30.3 Å². The summed E-state index contributed by atoms with van der Waals surface area (Å²) in [4.78, 5) is 36.9. The molecule has 0 saturated heterocycles. The van der Waals surface area contributed by atoms with E-state index in [0.29, 0.717) is 5.69 Å². The Bertz CT molecular complexity index is 800. The minimum Gasteiger partial charge on any atom is -0.347 e. The van der Waals surface area contributed by atoms with Gasteiger partial charge in [-0.15, -0.1) is 0 Å². The van der Waals surface area contributed by atoms with E-state index in [1.807, 2.05) is 0 Å². The van der Waals surface area contributed by atoms with Gasteiger partial charge < -0.3 is 9.47 Å². The molecule has 0 unspecified atom stereocenters. The average Bonchev–Trinajstić information content (AvgIpc) is 2.55. The molecule has 7 nitrogen and oxygen atoms in total. The molecule has 0 aliphatic rings. The number of aromatic nitrogens is 1. The van der Waals surface area contributed by atoms with Crippen LogP contribution in [-0.2, 0) is 11.3 Å². The number of anilines is 1. The van der Waals surface area contributed by atoms with Crippen LogP contribution in [0.1, 0.15) is 10.4 Å². The summed E-state index contributed by atoms with van der Waals surface area (Å²) in [6.07, 6.45) is 1.31. The maximum Gasteiger partial charge on any atom is 0.271 e. The summed E-state index contributed by atoms with van der Waals surface area (Å²) in [6, 6.07) is 8.01. The molecule has 8 heteroatoms. The van der Waals surface area contributed by atoms with Crippen LogP contribution in [0, 0.1) is 5.82 Å². The van der Waals surface area contributed by atoms with Gasteiger partial charge in [0.1, 0.15) is 12.4 Å². The Morgan fingerprint density at radius 1 is 1.12 bits per heavy atom. The summed E-state index contributed by atoms with van der Waals surface area (Å²) >= 11 is 0. The molecule has 1 heterocycles. The van der Waals surface area contributed by atoms with Crippen molar-refractivity contribution in [3.05, 3.63) is 64.3 Å². The molecule has 0 saturated carbocycles. The molecule has 1 aromatic carbocycles. The van der Waals surface area contributed by atoms with E-state index in [9.17, 15) is 18.8 Å². The van der Waals surface area contributed by atoms with Gasteiger partial charge in [-0.3, -0.25) is 25.2 Å². The number of nitrogens with zero attached hydrogens (tertiary/aromatic N) is 2. The van der Waals surface area contributed by atoms with Crippen LogP contribution in [0.3, 0.4) is 0 Å². The fourth-order valence-corrected chi connectivity index (χ4v) is 1.81. The Labute approximate surface area is 137 Å². The van der Waals surface area contributed by atoms with Gasteiger partial charge in [0.2, 0.25) is 5.91 Å². The van der Waals surface area contributed by atoms with E-state index in [2.05, 4.69) is 10.9 Å². The molecule has 0 spiro atoms. The number of nitrogens with one attached hydrogen (secondary N) is 2. The summed E-state index contributed by atoms with van der Waals surface area (Å²) in [6.45, 7) is -0.154. The topological polar surface area (TPSA) is 83.4 Å². The molecule has 126 valence electrons. The Morgan fingerprint density at radius 3 is 2.42 bits per heavy atom. The monoisotopic (exact) mass is 332 g/mol. The van der Waals surface area contributed by atoms with Gasteiger partial charge in [0, 0.05) is 26.4 Å². The minimum absolute atomic E-state index is 0.154. The van der Waals surface area contributed by atoms with Gasteiger partial charge in [0.25, 0.3) is 11.5 Å². The van der Waals surface area contributed by atoms with Gasteiger partial charge in [0.05, 0.1) is 11.3 Å². The van der Waals surface area contributed by atoms with Crippen LogP contribution in [0.5, 0.6) is 0 Å². The number of carbonyl (C=O) groups is 2. The van der Waals surface area contributed by atoms with Crippen molar-refractivity contribution < 1.29 is 14.0 Å². The number of benzene rings is 1. The van der Waals surface area contributed by atoms with Gasteiger partial charge in [-0.2, -0.15) is 0 Å². The summed E-state index contributed by atoms with van der Waals surface area (Å²) in [5.41, 5.74) is 5.39. The van der Waals surface area contributed by atoms with Gasteiger partial charge in [-0.1, -0.05) is 0 Å². The molecule has 0 atom stereocenters. The standard InChI is InChI=1S/C16H17FN4O3/c1-20(2)15(23)10-21-9-11(3-8-14(21)22)16(24)19-18-13-6-4-12(17)5-7-13/h3-9,18H,10H2,1-2H3,(H,19,24). The smallest absolute Gasteiger partial charge is 0.271 e. The Kier molecular flexibility index (Phi) is 5.31. The van der Waals surface area contributed by atoms with Crippen LogP contribution in [0.4, 0.5) is 10.1 Å². The number of rotatable bonds is 5. The van der Waals surface area contributed by atoms with Gasteiger partial charge in [-0.25, -0.2) is 4.39 Å². The van der Waals surface area contributed by atoms with Crippen molar-refractivity contribution in [3.63, 3.8) is 0 Å². The lowest BCUT2D eigenvalue weighted by Gasteiger charge is -2.13. The summed E-state index contributed by atoms with van der Waals surface area (Å²) in [7, 11) is 3.16. The first-order chi connectivity index (χ1) is 11.4. The number of halogens is 1. The largest absolute Gasteiger partial charge is 0.347 e. The molecule has 0 aliphatic heterocycles. The van der Waals surface area contributed by atoms with Crippen molar-refractivity contribution in [2.75, 3.05) is 19.5 Å². The van der Waals surface area contributed by atoms with Crippen LogP contribution in [0.15, 0.2) is 47.4 Å². The van der Waals surface area contributed by atoms with Crippen molar-refractivity contribution >= 4 is 17.5 Å². The molecular weight excluding hydrogens is 315 g/mol. The quantitative estimate of drug-likeness (QED) is 0.795. The second-order valence-electron chi connectivity index (χ2n) is 5.26. The van der Waals surface area contributed by atoms with Crippen LogP contribution in [0.25, 0.3) is 0 Å². The third-order valence-electron chi connectivity index (χ3n) is 3.21. The molecule has 0 aliphatic carbocycles. The first kappa shape index (κ1) is 17.2. The van der Waals surface area contributed by atoms with Crippen molar-refractivity contribution in [1.82, 2.24) is 14.9 Å². The fourth-order valence-electron chi connectivity index (χ4n) is 1.81. The highest BCUT2D eigenvalue weighted by Gasteiger charge is 2.11. The minimum atomic E-state index is -0.495. The normalized spacial score (nSPS) is 10.1. The van der Waals surface area contributed by atoms with E-state index < -0.39 is 5.91 Å². The molecule has 1 aromatic heterocycles. The van der Waals surface area contributed by atoms with Gasteiger partial charge in [0.15, 0.2) is 0 Å². The molecule has 2 aromatic rings. The fraction of sp³-hybridized carbons (Fsp3) is 0.188. The highest BCUT2D eigenvalue weighted by atomic mass is 19.1. The van der Waals surface area contributed by atoms with E-state index in [1.54, 1.807) is 14.1 Å². The highest BCUT2D eigenvalue weighted by molar-refractivity contribution is 5.94. The third-order valence-corrected chi connectivity index (χ3v) is 3.21. The number of hydrazine groups is 1. The first-order valence-electron chi connectivity index (χ1n) is 7.09. The molecule has 0 radical (unpaired) electrons. The number of hydrogen-bond acceptors (Lipinski definition) is 4. The number of carbonyl (C=O) groups excluding carboxylic acids is 2. The number of amides is 2. The molecule has 24 heavy (non-hydrogen) atoms. The maximum atomic E-state index is 12.8. The lowest BCUT2D eigenvalue weighted by Crippen LogP contribution is -2.33. The Morgan fingerprint density at radius 2 is 1.79 bits per heavy atom. The van der Waals surface area contributed by atoms with Crippen molar-refractivity contribution in [2.45, 2.75) is 6.54 Å². The van der Waals surface area contributed by atoms with Crippen LogP contribution in [0.2, 0.25) is 0 Å². The maximum absolute atomic E-state index is 12.8. The number of pyridine rings is 1. The van der Waals surface area contributed by atoms with E-state index in [1.165, 1.54) is 47.5 Å². The second kappa shape index (κ2) is 7.40. The molecular formula is C16H17FN4O3. The average molecular weight is 332 g/mol. The molecule has 2 rings (SSSR count). The summed E-state index contributed by atoms with van der Waals surface area (Å²) in [5, 5.41) is 0. The predicted octanol–water partition coefficient (Wildman–Crippen LogP) is 0.832. The zero-order valence-corrected chi connectivity index (χ0v) is 13.2. The number of hydrogen-bond donors (Lipinski definition) is 2. The molecule has 0 bridgehead atoms. The van der Waals surface area contributed by atoms with Crippen molar-refractivity contribution in [2.24, 2.45) is 0 Å². The summed E-state index contributed by atoms with van der Waals surface area (Å²) in [5.74, 6) is -1.14. The van der Waals surface area contributed by atoms with Crippen LogP contribution in [-0.4, -0.2) is 35.4 Å². The highest BCUT2D eigenvalue weighted by Crippen LogP contribution is 2.07. The SMILES string of the molecule is CN(C)C(=O)Cn1cc(C(=O)NNc2ccc(F)cc2)ccc1=O. The molecule has 2 N–H and O–H groups in total. The Balaban J connectivity index is 2.07. The van der Waals surface area contributed by atoms with Crippen LogP contribution >= 0.6 is 0 Å².